The zero-order valence-corrected chi connectivity index (χ0v) is 13.2. The van der Waals surface area contributed by atoms with E-state index >= 15 is 0 Å². The minimum Gasteiger partial charge on any atom is -0.480 e. The summed E-state index contributed by atoms with van der Waals surface area (Å²) in [6, 6.07) is 9.26. The van der Waals surface area contributed by atoms with Gasteiger partial charge in [0.05, 0.1) is 6.61 Å². The number of hydroxylamine groups is 1. The smallest absolute Gasteiger partial charge is 0.322 e. The monoisotopic (exact) mass is 322 g/mol. The van der Waals surface area contributed by atoms with Crippen LogP contribution >= 0.6 is 0 Å². The van der Waals surface area contributed by atoms with Gasteiger partial charge in [-0.2, -0.15) is 0 Å². The standard InChI is InChI=1S/C16H22N2O5/c1-11(2)8-13(15(21)17-9-14(19)20)16(22)18-23-10-12-6-4-3-5-7-12/h3-7,11,13H,8-10H2,1-2H3,(H,17,21)(H,18,22)(H,19,20). The molecule has 0 saturated carbocycles. The van der Waals surface area contributed by atoms with Crippen molar-refractivity contribution in [1.82, 2.24) is 10.8 Å². The van der Waals surface area contributed by atoms with Crippen molar-refractivity contribution >= 4 is 17.8 Å². The van der Waals surface area contributed by atoms with Gasteiger partial charge in [0.25, 0.3) is 5.91 Å². The van der Waals surface area contributed by atoms with Gasteiger partial charge in [0.2, 0.25) is 5.91 Å². The number of carboxylic acid groups (broad SMARTS) is 1. The van der Waals surface area contributed by atoms with Crippen LogP contribution in [0.3, 0.4) is 0 Å². The molecule has 0 aliphatic heterocycles. The van der Waals surface area contributed by atoms with Gasteiger partial charge < -0.3 is 10.4 Å². The number of nitrogens with one attached hydrogen (secondary N) is 2. The molecule has 0 aromatic heterocycles. The molecule has 1 rings (SSSR count). The van der Waals surface area contributed by atoms with Crippen molar-refractivity contribution in [2.75, 3.05) is 6.54 Å². The van der Waals surface area contributed by atoms with E-state index in [4.69, 9.17) is 9.94 Å². The average molecular weight is 322 g/mol. The zero-order valence-electron chi connectivity index (χ0n) is 13.2. The topological polar surface area (TPSA) is 105 Å². The largest absolute Gasteiger partial charge is 0.480 e. The first-order valence-electron chi connectivity index (χ1n) is 7.35. The molecule has 0 radical (unpaired) electrons. The molecule has 7 heteroatoms. The maximum absolute atomic E-state index is 12.1. The lowest BCUT2D eigenvalue weighted by Crippen LogP contribution is -2.43. The van der Waals surface area contributed by atoms with Crippen molar-refractivity contribution in [3.63, 3.8) is 0 Å². The molecule has 0 aliphatic rings. The first-order chi connectivity index (χ1) is 10.9. The average Bonchev–Trinajstić information content (AvgIpc) is 2.51. The Bertz CT molecular complexity index is 531. The Morgan fingerprint density at radius 3 is 2.35 bits per heavy atom. The Labute approximate surface area is 135 Å². The SMILES string of the molecule is CC(C)CC(C(=O)NCC(=O)O)C(=O)NOCc1ccccc1. The number of hydrogen-bond donors (Lipinski definition) is 3. The van der Waals surface area contributed by atoms with Crippen LogP contribution in [0.4, 0.5) is 0 Å². The fourth-order valence-electron chi connectivity index (χ4n) is 1.93. The second-order valence-corrected chi connectivity index (χ2v) is 5.53. The molecule has 0 saturated heterocycles. The minimum absolute atomic E-state index is 0.0930. The molecule has 1 aromatic carbocycles. The van der Waals surface area contributed by atoms with Gasteiger partial charge in [-0.3, -0.25) is 19.2 Å². The van der Waals surface area contributed by atoms with Crippen LogP contribution in [0, 0.1) is 11.8 Å². The summed E-state index contributed by atoms with van der Waals surface area (Å²) in [7, 11) is 0. The van der Waals surface area contributed by atoms with Crippen molar-refractivity contribution in [3.8, 4) is 0 Å². The Hall–Kier alpha value is -2.41. The summed E-state index contributed by atoms with van der Waals surface area (Å²) < 4.78 is 0. The van der Waals surface area contributed by atoms with E-state index in [2.05, 4.69) is 10.8 Å². The number of aliphatic carboxylic acids is 1. The van der Waals surface area contributed by atoms with Crippen molar-refractivity contribution in [3.05, 3.63) is 35.9 Å². The van der Waals surface area contributed by atoms with E-state index in [1.165, 1.54) is 0 Å². The van der Waals surface area contributed by atoms with Crippen molar-refractivity contribution in [2.45, 2.75) is 26.9 Å². The van der Waals surface area contributed by atoms with Gasteiger partial charge in [0.1, 0.15) is 12.5 Å². The van der Waals surface area contributed by atoms with E-state index in [0.29, 0.717) is 6.42 Å². The second-order valence-electron chi connectivity index (χ2n) is 5.53. The highest BCUT2D eigenvalue weighted by Gasteiger charge is 2.28. The van der Waals surface area contributed by atoms with E-state index < -0.39 is 30.2 Å². The van der Waals surface area contributed by atoms with Gasteiger partial charge in [0.15, 0.2) is 0 Å². The third-order valence-corrected chi connectivity index (χ3v) is 3.01. The number of carboxylic acids is 1. The molecule has 0 bridgehead atoms. The number of carbonyl (C=O) groups is 3. The summed E-state index contributed by atoms with van der Waals surface area (Å²) in [6.07, 6.45) is 0.298. The van der Waals surface area contributed by atoms with Crippen LogP contribution in [0.15, 0.2) is 30.3 Å². The molecule has 126 valence electrons. The fourth-order valence-corrected chi connectivity index (χ4v) is 1.93. The quantitative estimate of drug-likeness (QED) is 0.466. The van der Waals surface area contributed by atoms with Crippen molar-refractivity contribution in [2.24, 2.45) is 11.8 Å². The molecule has 23 heavy (non-hydrogen) atoms. The summed E-state index contributed by atoms with van der Waals surface area (Å²) in [5.41, 5.74) is 3.14. The lowest BCUT2D eigenvalue weighted by Gasteiger charge is -2.17. The highest BCUT2D eigenvalue weighted by Crippen LogP contribution is 2.12. The minimum atomic E-state index is -1.16. The van der Waals surface area contributed by atoms with E-state index in [9.17, 15) is 14.4 Å². The Morgan fingerprint density at radius 1 is 1.13 bits per heavy atom. The summed E-state index contributed by atoms with van der Waals surface area (Å²) in [6.45, 7) is 3.40. The lowest BCUT2D eigenvalue weighted by molar-refractivity contribution is -0.147. The van der Waals surface area contributed by atoms with Crippen LogP contribution in [0.5, 0.6) is 0 Å². The Kier molecular flexibility index (Phi) is 7.76. The molecule has 7 nitrogen and oxygen atoms in total. The highest BCUT2D eigenvalue weighted by atomic mass is 16.6. The Morgan fingerprint density at radius 2 is 1.78 bits per heavy atom. The maximum atomic E-state index is 12.1. The van der Waals surface area contributed by atoms with Gasteiger partial charge >= 0.3 is 5.97 Å². The third-order valence-electron chi connectivity index (χ3n) is 3.01. The molecule has 3 N–H and O–H groups in total. The van der Waals surface area contributed by atoms with Crippen molar-refractivity contribution < 1.29 is 24.3 Å². The molecular formula is C16H22N2O5. The van der Waals surface area contributed by atoms with Crippen molar-refractivity contribution in [1.29, 1.82) is 0 Å². The Balaban J connectivity index is 2.53. The van der Waals surface area contributed by atoms with Gasteiger partial charge in [-0.15, -0.1) is 0 Å². The van der Waals surface area contributed by atoms with E-state index in [-0.39, 0.29) is 12.5 Å². The fraction of sp³-hybridized carbons (Fsp3) is 0.438. The maximum Gasteiger partial charge on any atom is 0.322 e. The number of amides is 2. The number of carbonyl (C=O) groups excluding carboxylic acids is 2. The predicted molar refractivity (Wildman–Crippen MR) is 83.0 cm³/mol. The van der Waals surface area contributed by atoms with Crippen LogP contribution in [-0.2, 0) is 25.8 Å². The first kappa shape index (κ1) is 18.6. The molecule has 1 atom stereocenters. The van der Waals surface area contributed by atoms with Crippen LogP contribution in [0.1, 0.15) is 25.8 Å². The highest BCUT2D eigenvalue weighted by molar-refractivity contribution is 6.00. The lowest BCUT2D eigenvalue weighted by atomic mass is 9.95. The van der Waals surface area contributed by atoms with Gasteiger partial charge in [-0.05, 0) is 17.9 Å². The molecule has 0 fully saturated rings. The summed E-state index contributed by atoms with van der Waals surface area (Å²) >= 11 is 0. The molecule has 0 aliphatic carbocycles. The van der Waals surface area contributed by atoms with E-state index in [1.54, 1.807) is 0 Å². The van der Waals surface area contributed by atoms with Crippen LogP contribution in [0.25, 0.3) is 0 Å². The van der Waals surface area contributed by atoms with E-state index in [1.807, 2.05) is 44.2 Å². The molecule has 0 spiro atoms. The zero-order chi connectivity index (χ0) is 17.2. The molecule has 0 heterocycles. The van der Waals surface area contributed by atoms with Gasteiger partial charge in [0, 0.05) is 0 Å². The van der Waals surface area contributed by atoms with Gasteiger partial charge in [-0.1, -0.05) is 44.2 Å². The summed E-state index contributed by atoms with van der Waals surface area (Å²) in [4.78, 5) is 39.7. The molecular weight excluding hydrogens is 300 g/mol. The normalized spacial score (nSPS) is 11.8. The number of rotatable bonds is 9. The first-order valence-corrected chi connectivity index (χ1v) is 7.35. The number of benzene rings is 1. The second kappa shape index (κ2) is 9.58. The van der Waals surface area contributed by atoms with Gasteiger partial charge in [-0.25, -0.2) is 5.48 Å². The molecule has 1 aromatic rings. The molecule has 2 amide bonds. The molecule has 1 unspecified atom stereocenters. The summed E-state index contributed by atoms with van der Waals surface area (Å²) in [5, 5.41) is 10.8. The van der Waals surface area contributed by atoms with E-state index in [0.717, 1.165) is 5.56 Å². The van der Waals surface area contributed by atoms with Crippen LogP contribution < -0.4 is 10.8 Å². The summed E-state index contributed by atoms with van der Waals surface area (Å²) in [5.74, 6) is -3.28. The third kappa shape index (κ3) is 7.42. The van der Waals surface area contributed by atoms with Crippen LogP contribution in [-0.4, -0.2) is 29.4 Å². The predicted octanol–water partition coefficient (Wildman–Crippen LogP) is 1.10. The number of hydrogen-bond acceptors (Lipinski definition) is 4. The van der Waals surface area contributed by atoms with Crippen LogP contribution in [0.2, 0.25) is 0 Å².